The number of hydrogen-bond acceptors (Lipinski definition) is 3. The molecule has 96 valence electrons. The zero-order valence-corrected chi connectivity index (χ0v) is 11.3. The van der Waals surface area contributed by atoms with Crippen LogP contribution in [0.4, 0.5) is 0 Å². The largest absolute Gasteiger partial charge is 0.329 e. The first kappa shape index (κ1) is 13.9. The van der Waals surface area contributed by atoms with E-state index in [4.69, 9.17) is 5.73 Å². The quantitative estimate of drug-likeness (QED) is 0.721. The molecule has 3 heteroatoms. The van der Waals surface area contributed by atoms with Gasteiger partial charge in [-0.15, -0.1) is 0 Å². The van der Waals surface area contributed by atoms with Gasteiger partial charge in [0.15, 0.2) is 0 Å². The molecule has 0 aromatic heterocycles. The third kappa shape index (κ3) is 3.72. The van der Waals surface area contributed by atoms with Crippen molar-refractivity contribution in [2.24, 2.45) is 11.7 Å². The molecular weight excluding hydrogens is 198 g/mol. The SMILES string of the molecule is CCC(CC)CNC1(CN)CCN(C)CC1. The normalized spacial score (nSPS) is 21.6. The third-order valence-corrected chi connectivity index (χ3v) is 4.26. The topological polar surface area (TPSA) is 41.3 Å². The van der Waals surface area contributed by atoms with E-state index in [0.717, 1.165) is 19.0 Å². The molecule has 0 spiro atoms. The summed E-state index contributed by atoms with van der Waals surface area (Å²) in [5, 5.41) is 3.76. The first-order chi connectivity index (χ1) is 7.65. The highest BCUT2D eigenvalue weighted by molar-refractivity contribution is 4.94. The Morgan fingerprint density at radius 1 is 1.25 bits per heavy atom. The Balaban J connectivity index is 2.41. The minimum Gasteiger partial charge on any atom is -0.329 e. The monoisotopic (exact) mass is 227 g/mol. The van der Waals surface area contributed by atoms with Crippen molar-refractivity contribution < 1.29 is 0 Å². The molecular formula is C13H29N3. The van der Waals surface area contributed by atoms with Gasteiger partial charge in [-0.3, -0.25) is 0 Å². The van der Waals surface area contributed by atoms with Crippen LogP contribution >= 0.6 is 0 Å². The molecule has 0 aromatic rings. The zero-order chi connectivity index (χ0) is 12.0. The van der Waals surface area contributed by atoms with E-state index in [-0.39, 0.29) is 5.54 Å². The van der Waals surface area contributed by atoms with Crippen LogP contribution in [0.5, 0.6) is 0 Å². The molecule has 0 unspecified atom stereocenters. The summed E-state index contributed by atoms with van der Waals surface area (Å²) in [4.78, 5) is 2.40. The molecule has 1 aliphatic rings. The standard InChI is InChI=1S/C13H29N3/c1-4-12(5-2)10-15-13(11-14)6-8-16(3)9-7-13/h12,15H,4-11,14H2,1-3H3. The molecule has 1 rings (SSSR count). The highest BCUT2D eigenvalue weighted by Gasteiger charge is 2.31. The number of piperidine rings is 1. The Labute approximate surface area is 101 Å². The highest BCUT2D eigenvalue weighted by Crippen LogP contribution is 2.21. The van der Waals surface area contributed by atoms with Crippen LogP contribution < -0.4 is 11.1 Å². The lowest BCUT2D eigenvalue weighted by Crippen LogP contribution is -2.58. The Kier molecular flexibility index (Phi) is 5.73. The molecule has 0 bridgehead atoms. The van der Waals surface area contributed by atoms with E-state index >= 15 is 0 Å². The number of nitrogens with zero attached hydrogens (tertiary/aromatic N) is 1. The number of nitrogens with one attached hydrogen (secondary N) is 1. The summed E-state index contributed by atoms with van der Waals surface area (Å²) in [5.74, 6) is 0.808. The van der Waals surface area contributed by atoms with E-state index in [9.17, 15) is 0 Å². The van der Waals surface area contributed by atoms with Crippen molar-refractivity contribution >= 4 is 0 Å². The van der Waals surface area contributed by atoms with E-state index in [1.165, 1.54) is 38.8 Å². The average Bonchev–Trinajstić information content (AvgIpc) is 2.33. The van der Waals surface area contributed by atoms with Crippen molar-refractivity contribution in [1.29, 1.82) is 0 Å². The first-order valence-corrected chi connectivity index (χ1v) is 6.79. The van der Waals surface area contributed by atoms with E-state index < -0.39 is 0 Å². The first-order valence-electron chi connectivity index (χ1n) is 6.79. The van der Waals surface area contributed by atoms with Crippen molar-refractivity contribution in [3.8, 4) is 0 Å². The Morgan fingerprint density at radius 3 is 2.25 bits per heavy atom. The van der Waals surface area contributed by atoms with Crippen LogP contribution in [0.2, 0.25) is 0 Å². The third-order valence-electron chi connectivity index (χ3n) is 4.26. The van der Waals surface area contributed by atoms with Crippen molar-refractivity contribution in [1.82, 2.24) is 10.2 Å². The van der Waals surface area contributed by atoms with Crippen molar-refractivity contribution in [3.63, 3.8) is 0 Å². The van der Waals surface area contributed by atoms with Crippen LogP contribution in [-0.4, -0.2) is 43.7 Å². The van der Waals surface area contributed by atoms with E-state index in [1.807, 2.05) is 0 Å². The van der Waals surface area contributed by atoms with Gasteiger partial charge in [-0.2, -0.15) is 0 Å². The van der Waals surface area contributed by atoms with Gasteiger partial charge in [-0.1, -0.05) is 26.7 Å². The number of nitrogens with two attached hydrogens (primary N) is 1. The molecule has 0 saturated carbocycles. The second-order valence-electron chi connectivity index (χ2n) is 5.35. The van der Waals surface area contributed by atoms with Gasteiger partial charge in [0, 0.05) is 12.1 Å². The van der Waals surface area contributed by atoms with Gasteiger partial charge in [0.1, 0.15) is 0 Å². The fourth-order valence-corrected chi connectivity index (χ4v) is 2.44. The summed E-state index contributed by atoms with van der Waals surface area (Å²) in [5.41, 5.74) is 6.19. The number of rotatable bonds is 6. The fraction of sp³-hybridized carbons (Fsp3) is 1.00. The summed E-state index contributed by atoms with van der Waals surface area (Å²) in [6, 6.07) is 0. The molecule has 0 radical (unpaired) electrons. The molecule has 1 aliphatic heterocycles. The number of hydrogen-bond donors (Lipinski definition) is 2. The second kappa shape index (κ2) is 6.58. The molecule has 0 amide bonds. The van der Waals surface area contributed by atoms with E-state index in [2.05, 4.69) is 31.1 Å². The Bertz CT molecular complexity index is 182. The summed E-state index contributed by atoms with van der Waals surface area (Å²) >= 11 is 0. The predicted octanol–water partition coefficient (Wildman–Crippen LogP) is 1.44. The van der Waals surface area contributed by atoms with Crippen molar-refractivity contribution in [3.05, 3.63) is 0 Å². The second-order valence-corrected chi connectivity index (χ2v) is 5.35. The molecule has 3 nitrogen and oxygen atoms in total. The maximum atomic E-state index is 5.97. The minimum atomic E-state index is 0.217. The van der Waals surface area contributed by atoms with E-state index in [0.29, 0.717) is 0 Å². The van der Waals surface area contributed by atoms with Gasteiger partial charge >= 0.3 is 0 Å². The lowest BCUT2D eigenvalue weighted by molar-refractivity contribution is 0.155. The van der Waals surface area contributed by atoms with Crippen LogP contribution in [0, 0.1) is 5.92 Å². The molecule has 1 saturated heterocycles. The van der Waals surface area contributed by atoms with Crippen molar-refractivity contribution in [2.75, 3.05) is 33.2 Å². The Hall–Kier alpha value is -0.120. The average molecular weight is 227 g/mol. The summed E-state index contributed by atoms with van der Waals surface area (Å²) in [7, 11) is 2.20. The molecule has 0 aromatic carbocycles. The zero-order valence-electron chi connectivity index (χ0n) is 11.3. The molecule has 3 N–H and O–H groups in total. The van der Waals surface area contributed by atoms with Gasteiger partial charge < -0.3 is 16.0 Å². The smallest absolute Gasteiger partial charge is 0.0328 e. The minimum absolute atomic E-state index is 0.217. The van der Waals surface area contributed by atoms with E-state index in [1.54, 1.807) is 0 Å². The molecule has 16 heavy (non-hydrogen) atoms. The molecule has 1 heterocycles. The van der Waals surface area contributed by atoms with Crippen LogP contribution in [0.1, 0.15) is 39.5 Å². The summed E-state index contributed by atoms with van der Waals surface area (Å²) in [6.45, 7) is 8.81. The molecule has 0 aliphatic carbocycles. The lowest BCUT2D eigenvalue weighted by Gasteiger charge is -2.41. The maximum Gasteiger partial charge on any atom is 0.0328 e. The van der Waals surface area contributed by atoms with Gasteiger partial charge in [-0.25, -0.2) is 0 Å². The molecule has 0 atom stereocenters. The van der Waals surface area contributed by atoms with Crippen molar-refractivity contribution in [2.45, 2.75) is 45.1 Å². The number of likely N-dealkylation sites (tertiary alicyclic amines) is 1. The van der Waals surface area contributed by atoms with Gasteiger partial charge in [0.05, 0.1) is 0 Å². The fourth-order valence-electron chi connectivity index (χ4n) is 2.44. The summed E-state index contributed by atoms with van der Waals surface area (Å²) in [6.07, 6.45) is 4.93. The van der Waals surface area contributed by atoms with Crippen LogP contribution in [0.3, 0.4) is 0 Å². The maximum absolute atomic E-state index is 5.97. The molecule has 1 fully saturated rings. The van der Waals surface area contributed by atoms with Crippen LogP contribution in [0.15, 0.2) is 0 Å². The lowest BCUT2D eigenvalue weighted by atomic mass is 9.87. The Morgan fingerprint density at radius 2 is 1.81 bits per heavy atom. The predicted molar refractivity (Wildman–Crippen MR) is 70.6 cm³/mol. The van der Waals surface area contributed by atoms with Crippen LogP contribution in [0.25, 0.3) is 0 Å². The van der Waals surface area contributed by atoms with Gasteiger partial charge in [-0.05, 0) is 45.4 Å². The summed E-state index contributed by atoms with van der Waals surface area (Å²) < 4.78 is 0. The van der Waals surface area contributed by atoms with Crippen LogP contribution in [-0.2, 0) is 0 Å². The van der Waals surface area contributed by atoms with Gasteiger partial charge in [0.2, 0.25) is 0 Å². The highest BCUT2D eigenvalue weighted by atomic mass is 15.1. The van der Waals surface area contributed by atoms with Gasteiger partial charge in [0.25, 0.3) is 0 Å².